The van der Waals surface area contributed by atoms with E-state index in [1.165, 1.54) is 12.1 Å². The highest BCUT2D eigenvalue weighted by molar-refractivity contribution is 5.48. The molecule has 0 amide bonds. The zero-order valence-electron chi connectivity index (χ0n) is 10.2. The second-order valence-electron chi connectivity index (χ2n) is 5.18. The maximum Gasteiger partial charge on any atom is 0.0681 e. The summed E-state index contributed by atoms with van der Waals surface area (Å²) in [5.74, 6) is 1.56. The smallest absolute Gasteiger partial charge is 0.0681 e. The molecule has 16 heavy (non-hydrogen) atoms. The number of rotatable bonds is 2. The molecule has 1 heterocycles. The predicted octanol–water partition coefficient (Wildman–Crippen LogP) is 2.66. The highest BCUT2D eigenvalue weighted by Crippen LogP contribution is 2.26. The summed E-state index contributed by atoms with van der Waals surface area (Å²) in [5, 5.41) is 9.01. The highest BCUT2D eigenvalue weighted by Gasteiger charge is 2.21. The molecule has 0 radical (unpaired) electrons. The molecule has 1 aliphatic rings. The Kier molecular flexibility index (Phi) is 3.49. The molecule has 1 fully saturated rings. The number of piperidine rings is 1. The largest absolute Gasteiger partial charge is 0.392 e. The first-order chi connectivity index (χ1) is 7.69. The molecule has 0 spiro atoms. The van der Waals surface area contributed by atoms with E-state index in [2.05, 4.69) is 30.9 Å². The van der Waals surface area contributed by atoms with Gasteiger partial charge in [-0.2, -0.15) is 0 Å². The summed E-state index contributed by atoms with van der Waals surface area (Å²) < 4.78 is 0. The van der Waals surface area contributed by atoms with E-state index in [1.807, 2.05) is 12.1 Å². The van der Waals surface area contributed by atoms with E-state index in [-0.39, 0.29) is 6.61 Å². The normalized spacial score (nSPS) is 25.8. The Morgan fingerprint density at radius 2 is 1.69 bits per heavy atom. The fourth-order valence-corrected chi connectivity index (χ4v) is 2.69. The highest BCUT2D eigenvalue weighted by atomic mass is 16.3. The summed E-state index contributed by atoms with van der Waals surface area (Å²) in [5.41, 5.74) is 2.28. The molecular formula is C14H21NO. The SMILES string of the molecule is CC1CC(C)CN(c2ccc(CO)cc2)C1. The van der Waals surface area contributed by atoms with Crippen molar-refractivity contribution in [3.05, 3.63) is 29.8 Å². The summed E-state index contributed by atoms with van der Waals surface area (Å²) in [6, 6.07) is 8.27. The molecule has 0 saturated carbocycles. The van der Waals surface area contributed by atoms with E-state index in [1.54, 1.807) is 0 Å². The third kappa shape index (κ3) is 2.56. The number of benzene rings is 1. The summed E-state index contributed by atoms with van der Waals surface area (Å²) in [7, 11) is 0. The Labute approximate surface area is 97.9 Å². The van der Waals surface area contributed by atoms with Crippen LogP contribution >= 0.6 is 0 Å². The van der Waals surface area contributed by atoms with Gasteiger partial charge in [-0.15, -0.1) is 0 Å². The van der Waals surface area contributed by atoms with Crippen LogP contribution in [0.15, 0.2) is 24.3 Å². The monoisotopic (exact) mass is 219 g/mol. The molecule has 0 bridgehead atoms. The van der Waals surface area contributed by atoms with Crippen LogP contribution in [-0.4, -0.2) is 18.2 Å². The third-order valence-electron chi connectivity index (χ3n) is 3.35. The molecule has 1 saturated heterocycles. The number of aliphatic hydroxyl groups is 1. The standard InChI is InChI=1S/C14H21NO/c1-11-7-12(2)9-15(8-11)14-5-3-13(10-16)4-6-14/h3-6,11-12,16H,7-10H2,1-2H3. The molecule has 2 unspecified atom stereocenters. The Morgan fingerprint density at radius 3 is 2.19 bits per heavy atom. The van der Waals surface area contributed by atoms with Gasteiger partial charge in [-0.1, -0.05) is 26.0 Å². The van der Waals surface area contributed by atoms with Crippen LogP contribution in [0, 0.1) is 11.8 Å². The van der Waals surface area contributed by atoms with Crippen LogP contribution in [0.4, 0.5) is 5.69 Å². The molecule has 1 aliphatic heterocycles. The average Bonchev–Trinajstić information content (AvgIpc) is 2.28. The van der Waals surface area contributed by atoms with Gasteiger partial charge in [-0.3, -0.25) is 0 Å². The summed E-state index contributed by atoms with van der Waals surface area (Å²) >= 11 is 0. The molecule has 2 heteroatoms. The fourth-order valence-electron chi connectivity index (χ4n) is 2.69. The van der Waals surface area contributed by atoms with Crippen LogP contribution in [0.3, 0.4) is 0 Å². The number of anilines is 1. The van der Waals surface area contributed by atoms with E-state index in [0.717, 1.165) is 30.5 Å². The number of hydrogen-bond donors (Lipinski definition) is 1. The predicted molar refractivity (Wildman–Crippen MR) is 67.5 cm³/mol. The van der Waals surface area contributed by atoms with E-state index >= 15 is 0 Å². The van der Waals surface area contributed by atoms with E-state index in [4.69, 9.17) is 5.11 Å². The van der Waals surface area contributed by atoms with Gasteiger partial charge in [0.2, 0.25) is 0 Å². The van der Waals surface area contributed by atoms with Crippen LogP contribution in [0.2, 0.25) is 0 Å². The van der Waals surface area contributed by atoms with E-state index in [0.29, 0.717) is 0 Å². The molecule has 2 rings (SSSR count). The maximum atomic E-state index is 9.01. The Morgan fingerprint density at radius 1 is 1.12 bits per heavy atom. The molecule has 88 valence electrons. The lowest BCUT2D eigenvalue weighted by Crippen LogP contribution is -2.38. The minimum atomic E-state index is 0.132. The van der Waals surface area contributed by atoms with Gasteiger partial charge in [0.05, 0.1) is 6.61 Å². The Balaban J connectivity index is 2.10. The van der Waals surface area contributed by atoms with Gasteiger partial charge >= 0.3 is 0 Å². The summed E-state index contributed by atoms with van der Waals surface area (Å²) in [6.07, 6.45) is 1.34. The quantitative estimate of drug-likeness (QED) is 0.826. The second kappa shape index (κ2) is 4.88. The molecule has 2 nitrogen and oxygen atoms in total. The second-order valence-corrected chi connectivity index (χ2v) is 5.18. The minimum Gasteiger partial charge on any atom is -0.392 e. The van der Waals surface area contributed by atoms with Crippen LogP contribution in [0.1, 0.15) is 25.8 Å². The van der Waals surface area contributed by atoms with Gasteiger partial charge in [0.15, 0.2) is 0 Å². The maximum absolute atomic E-state index is 9.01. The van der Waals surface area contributed by atoms with Crippen LogP contribution in [-0.2, 0) is 6.61 Å². The first-order valence-corrected chi connectivity index (χ1v) is 6.13. The van der Waals surface area contributed by atoms with Crippen molar-refractivity contribution in [1.29, 1.82) is 0 Å². The molecule has 1 aromatic carbocycles. The van der Waals surface area contributed by atoms with Crippen molar-refractivity contribution in [2.24, 2.45) is 11.8 Å². The average molecular weight is 219 g/mol. The fraction of sp³-hybridized carbons (Fsp3) is 0.571. The Bertz CT molecular complexity index is 323. The van der Waals surface area contributed by atoms with Crippen molar-refractivity contribution in [3.63, 3.8) is 0 Å². The lowest BCUT2D eigenvalue weighted by Gasteiger charge is -2.36. The van der Waals surface area contributed by atoms with Crippen molar-refractivity contribution in [3.8, 4) is 0 Å². The van der Waals surface area contributed by atoms with Crippen LogP contribution < -0.4 is 4.90 Å². The van der Waals surface area contributed by atoms with Gasteiger partial charge in [-0.25, -0.2) is 0 Å². The first kappa shape index (κ1) is 11.5. The van der Waals surface area contributed by atoms with E-state index in [9.17, 15) is 0 Å². The summed E-state index contributed by atoms with van der Waals surface area (Å²) in [4.78, 5) is 2.46. The van der Waals surface area contributed by atoms with Gasteiger partial charge < -0.3 is 10.0 Å². The van der Waals surface area contributed by atoms with Crippen molar-refractivity contribution in [1.82, 2.24) is 0 Å². The van der Waals surface area contributed by atoms with Crippen LogP contribution in [0.25, 0.3) is 0 Å². The van der Waals surface area contributed by atoms with E-state index < -0.39 is 0 Å². The topological polar surface area (TPSA) is 23.5 Å². The number of aliphatic hydroxyl groups excluding tert-OH is 1. The molecule has 1 N–H and O–H groups in total. The number of nitrogens with zero attached hydrogens (tertiary/aromatic N) is 1. The van der Waals surface area contributed by atoms with Gasteiger partial charge in [0.25, 0.3) is 0 Å². The summed E-state index contributed by atoms with van der Waals surface area (Å²) in [6.45, 7) is 7.09. The molecular weight excluding hydrogens is 198 g/mol. The molecule has 2 atom stereocenters. The molecule has 0 aliphatic carbocycles. The van der Waals surface area contributed by atoms with Crippen LogP contribution in [0.5, 0.6) is 0 Å². The third-order valence-corrected chi connectivity index (χ3v) is 3.35. The van der Waals surface area contributed by atoms with Crippen molar-refractivity contribution < 1.29 is 5.11 Å². The lowest BCUT2D eigenvalue weighted by atomic mass is 9.91. The van der Waals surface area contributed by atoms with Gasteiger partial charge in [0.1, 0.15) is 0 Å². The minimum absolute atomic E-state index is 0.132. The first-order valence-electron chi connectivity index (χ1n) is 6.13. The zero-order valence-corrected chi connectivity index (χ0v) is 10.2. The molecule has 0 aromatic heterocycles. The Hall–Kier alpha value is -1.02. The van der Waals surface area contributed by atoms with Crippen molar-refractivity contribution in [2.75, 3.05) is 18.0 Å². The number of hydrogen-bond acceptors (Lipinski definition) is 2. The zero-order chi connectivity index (χ0) is 11.5. The van der Waals surface area contributed by atoms with Gasteiger partial charge in [0, 0.05) is 18.8 Å². The van der Waals surface area contributed by atoms with Crippen molar-refractivity contribution in [2.45, 2.75) is 26.9 Å². The van der Waals surface area contributed by atoms with Gasteiger partial charge in [-0.05, 0) is 36.0 Å². The van der Waals surface area contributed by atoms with Crippen molar-refractivity contribution >= 4 is 5.69 Å². The lowest BCUT2D eigenvalue weighted by molar-refractivity contribution is 0.282. The molecule has 1 aromatic rings.